The fraction of sp³-hybridized carbons (Fsp3) is 0.500. The summed E-state index contributed by atoms with van der Waals surface area (Å²) >= 11 is 3.46. The Morgan fingerprint density at radius 1 is 1.40 bits per heavy atom. The third kappa shape index (κ3) is 3.21. The summed E-state index contributed by atoms with van der Waals surface area (Å²) in [6.07, 6.45) is 0.760. The molecule has 0 bridgehead atoms. The summed E-state index contributed by atoms with van der Waals surface area (Å²) in [7, 11) is 2.05. The molecule has 0 aliphatic carbocycles. The molecule has 0 fully saturated rings. The zero-order valence-corrected chi connectivity index (χ0v) is 11.1. The molecule has 2 nitrogen and oxygen atoms in total. The van der Waals surface area contributed by atoms with Gasteiger partial charge in [-0.25, -0.2) is 0 Å². The van der Waals surface area contributed by atoms with Crippen molar-refractivity contribution in [3.8, 4) is 0 Å². The lowest BCUT2D eigenvalue weighted by Gasteiger charge is -2.37. The van der Waals surface area contributed by atoms with Crippen LogP contribution in [0.4, 0.5) is 5.69 Å². The third-order valence-electron chi connectivity index (χ3n) is 2.83. The summed E-state index contributed by atoms with van der Waals surface area (Å²) in [4.78, 5) is 2.19. The molecule has 0 radical (unpaired) electrons. The Bertz CT molecular complexity index is 325. The van der Waals surface area contributed by atoms with Gasteiger partial charge in [0.2, 0.25) is 0 Å². The van der Waals surface area contributed by atoms with Crippen molar-refractivity contribution in [3.63, 3.8) is 0 Å². The maximum atomic E-state index is 9.02. The number of hydrogen-bond acceptors (Lipinski definition) is 2. The van der Waals surface area contributed by atoms with Crippen LogP contribution in [0.5, 0.6) is 0 Å². The van der Waals surface area contributed by atoms with E-state index in [0.717, 1.165) is 16.6 Å². The summed E-state index contributed by atoms with van der Waals surface area (Å²) in [6.45, 7) is 4.47. The highest BCUT2D eigenvalue weighted by Gasteiger charge is 2.22. The number of nitrogens with zero attached hydrogens (tertiary/aromatic N) is 1. The highest BCUT2D eigenvalue weighted by atomic mass is 79.9. The van der Waals surface area contributed by atoms with E-state index in [4.69, 9.17) is 5.11 Å². The van der Waals surface area contributed by atoms with E-state index in [1.807, 2.05) is 12.1 Å². The van der Waals surface area contributed by atoms with E-state index in [-0.39, 0.29) is 12.1 Å². The van der Waals surface area contributed by atoms with Crippen LogP contribution in [0.15, 0.2) is 28.7 Å². The molecule has 0 amide bonds. The SMILES string of the molecule is CN(c1cccc(Br)c1)C(C)(C)CCO. The molecule has 0 unspecified atom stereocenters. The maximum absolute atomic E-state index is 9.02. The van der Waals surface area contributed by atoms with Gasteiger partial charge in [0, 0.05) is 29.4 Å². The highest BCUT2D eigenvalue weighted by molar-refractivity contribution is 9.10. The minimum Gasteiger partial charge on any atom is -0.396 e. The molecule has 0 saturated heterocycles. The van der Waals surface area contributed by atoms with Crippen LogP contribution < -0.4 is 4.90 Å². The number of anilines is 1. The minimum atomic E-state index is -0.0322. The van der Waals surface area contributed by atoms with Crippen molar-refractivity contribution >= 4 is 21.6 Å². The van der Waals surface area contributed by atoms with Crippen LogP contribution in [0.3, 0.4) is 0 Å². The number of aliphatic hydroxyl groups excluding tert-OH is 1. The second-order valence-corrected chi connectivity index (χ2v) is 5.24. The van der Waals surface area contributed by atoms with Crippen molar-refractivity contribution < 1.29 is 5.11 Å². The maximum Gasteiger partial charge on any atom is 0.0453 e. The predicted molar refractivity (Wildman–Crippen MR) is 68.3 cm³/mol. The molecule has 0 aromatic heterocycles. The molecule has 1 aromatic rings. The zero-order chi connectivity index (χ0) is 11.5. The standard InChI is InChI=1S/C12H18BrNO/c1-12(2,7-8-15)14(3)11-6-4-5-10(13)9-11/h4-6,9,15H,7-8H2,1-3H3. The van der Waals surface area contributed by atoms with Gasteiger partial charge in [0.15, 0.2) is 0 Å². The molecule has 0 saturated carbocycles. The van der Waals surface area contributed by atoms with E-state index < -0.39 is 0 Å². The fourth-order valence-electron chi connectivity index (χ4n) is 1.48. The van der Waals surface area contributed by atoms with Crippen LogP contribution in [-0.4, -0.2) is 24.3 Å². The van der Waals surface area contributed by atoms with Gasteiger partial charge in [-0.05, 0) is 38.5 Å². The largest absolute Gasteiger partial charge is 0.396 e. The van der Waals surface area contributed by atoms with Crippen LogP contribution >= 0.6 is 15.9 Å². The van der Waals surface area contributed by atoms with Gasteiger partial charge in [-0.3, -0.25) is 0 Å². The van der Waals surface area contributed by atoms with Gasteiger partial charge in [0.25, 0.3) is 0 Å². The Hall–Kier alpha value is -0.540. The van der Waals surface area contributed by atoms with Crippen molar-refractivity contribution in [3.05, 3.63) is 28.7 Å². The van der Waals surface area contributed by atoms with Crippen molar-refractivity contribution in [2.24, 2.45) is 0 Å². The quantitative estimate of drug-likeness (QED) is 0.910. The first-order chi connectivity index (χ1) is 6.97. The fourth-order valence-corrected chi connectivity index (χ4v) is 1.86. The summed E-state index contributed by atoms with van der Waals surface area (Å²) < 4.78 is 1.08. The van der Waals surface area contributed by atoms with Crippen LogP contribution in [0, 0.1) is 0 Å². The average molecular weight is 272 g/mol. The van der Waals surface area contributed by atoms with Gasteiger partial charge in [-0.2, -0.15) is 0 Å². The highest BCUT2D eigenvalue weighted by Crippen LogP contribution is 2.26. The molecule has 0 atom stereocenters. The van der Waals surface area contributed by atoms with Crippen molar-refractivity contribution in [2.45, 2.75) is 25.8 Å². The Balaban J connectivity index is 2.88. The second-order valence-electron chi connectivity index (χ2n) is 4.32. The lowest BCUT2D eigenvalue weighted by atomic mass is 9.98. The average Bonchev–Trinajstić information content (AvgIpc) is 2.16. The van der Waals surface area contributed by atoms with E-state index in [2.05, 4.69) is 53.9 Å². The van der Waals surface area contributed by atoms with Gasteiger partial charge in [-0.15, -0.1) is 0 Å². The van der Waals surface area contributed by atoms with Gasteiger partial charge < -0.3 is 10.0 Å². The van der Waals surface area contributed by atoms with Crippen molar-refractivity contribution in [2.75, 3.05) is 18.6 Å². The summed E-state index contributed by atoms with van der Waals surface area (Å²) in [6, 6.07) is 8.18. The minimum absolute atomic E-state index is 0.0322. The number of benzene rings is 1. The molecule has 1 N–H and O–H groups in total. The molecular weight excluding hydrogens is 254 g/mol. The van der Waals surface area contributed by atoms with Crippen molar-refractivity contribution in [1.29, 1.82) is 0 Å². The van der Waals surface area contributed by atoms with Crippen LogP contribution in [0.25, 0.3) is 0 Å². The molecular formula is C12H18BrNO. The monoisotopic (exact) mass is 271 g/mol. The Labute approximate surface area is 100 Å². The zero-order valence-electron chi connectivity index (χ0n) is 9.50. The Morgan fingerprint density at radius 2 is 2.07 bits per heavy atom. The molecule has 15 heavy (non-hydrogen) atoms. The third-order valence-corrected chi connectivity index (χ3v) is 3.32. The second kappa shape index (κ2) is 4.99. The van der Waals surface area contributed by atoms with E-state index in [1.165, 1.54) is 0 Å². The van der Waals surface area contributed by atoms with Crippen LogP contribution in [0.1, 0.15) is 20.3 Å². The topological polar surface area (TPSA) is 23.5 Å². The normalized spacial score (nSPS) is 11.5. The first kappa shape index (κ1) is 12.5. The number of aliphatic hydroxyl groups is 1. The van der Waals surface area contributed by atoms with Gasteiger partial charge in [0.05, 0.1) is 0 Å². The first-order valence-electron chi connectivity index (χ1n) is 5.07. The van der Waals surface area contributed by atoms with Crippen LogP contribution in [0.2, 0.25) is 0 Å². The van der Waals surface area contributed by atoms with Gasteiger partial charge in [-0.1, -0.05) is 22.0 Å². The lowest BCUT2D eigenvalue weighted by molar-refractivity contribution is 0.250. The van der Waals surface area contributed by atoms with Gasteiger partial charge >= 0.3 is 0 Å². The van der Waals surface area contributed by atoms with E-state index in [0.29, 0.717) is 0 Å². The molecule has 0 aliphatic heterocycles. The van der Waals surface area contributed by atoms with Crippen molar-refractivity contribution in [1.82, 2.24) is 0 Å². The first-order valence-corrected chi connectivity index (χ1v) is 5.87. The lowest BCUT2D eigenvalue weighted by Crippen LogP contribution is -2.41. The molecule has 0 heterocycles. The summed E-state index contributed by atoms with van der Waals surface area (Å²) in [5.74, 6) is 0. The molecule has 0 spiro atoms. The number of hydrogen-bond donors (Lipinski definition) is 1. The molecule has 84 valence electrons. The summed E-state index contributed by atoms with van der Waals surface area (Å²) in [5.41, 5.74) is 1.12. The van der Waals surface area contributed by atoms with Gasteiger partial charge in [0.1, 0.15) is 0 Å². The predicted octanol–water partition coefficient (Wildman–Crippen LogP) is 3.05. The van der Waals surface area contributed by atoms with Crippen LogP contribution in [-0.2, 0) is 0 Å². The summed E-state index contributed by atoms with van der Waals surface area (Å²) in [5, 5.41) is 9.02. The Morgan fingerprint density at radius 3 is 2.60 bits per heavy atom. The number of rotatable bonds is 4. The molecule has 1 aromatic carbocycles. The molecule has 1 rings (SSSR count). The number of halogens is 1. The van der Waals surface area contributed by atoms with E-state index >= 15 is 0 Å². The molecule has 3 heteroatoms. The smallest absolute Gasteiger partial charge is 0.0453 e. The Kier molecular flexibility index (Phi) is 4.17. The van der Waals surface area contributed by atoms with E-state index in [9.17, 15) is 0 Å². The molecule has 0 aliphatic rings. The van der Waals surface area contributed by atoms with E-state index in [1.54, 1.807) is 0 Å².